The van der Waals surface area contributed by atoms with Gasteiger partial charge in [0.1, 0.15) is 11.5 Å². The van der Waals surface area contributed by atoms with E-state index in [0.717, 1.165) is 22.4 Å². The van der Waals surface area contributed by atoms with E-state index in [0.29, 0.717) is 5.82 Å². The summed E-state index contributed by atoms with van der Waals surface area (Å²) in [6.45, 7) is 4.21. The van der Waals surface area contributed by atoms with Crippen LogP contribution in [0.2, 0.25) is 0 Å². The standard InChI is InChI=1S/C17H18N4/c1-11-6-7-13(9-12(11)2)15-16(20-21(3)17(15)18)14-5-4-8-19-10-14/h4-10H,18H2,1-3H3. The molecule has 0 atom stereocenters. The first-order valence-corrected chi connectivity index (χ1v) is 6.88. The van der Waals surface area contributed by atoms with E-state index >= 15 is 0 Å². The van der Waals surface area contributed by atoms with Gasteiger partial charge in [-0.15, -0.1) is 0 Å². The van der Waals surface area contributed by atoms with Gasteiger partial charge in [-0.1, -0.05) is 18.2 Å². The molecule has 0 bridgehead atoms. The van der Waals surface area contributed by atoms with Crippen molar-refractivity contribution in [1.82, 2.24) is 14.8 Å². The fraction of sp³-hybridized carbons (Fsp3) is 0.176. The normalized spacial score (nSPS) is 10.8. The molecular weight excluding hydrogens is 260 g/mol. The fourth-order valence-corrected chi connectivity index (χ4v) is 2.42. The van der Waals surface area contributed by atoms with E-state index in [4.69, 9.17) is 5.73 Å². The molecule has 106 valence electrons. The van der Waals surface area contributed by atoms with Gasteiger partial charge in [-0.25, -0.2) is 0 Å². The largest absolute Gasteiger partial charge is 0.383 e. The van der Waals surface area contributed by atoms with Gasteiger partial charge in [-0.2, -0.15) is 5.10 Å². The molecule has 0 spiro atoms. The van der Waals surface area contributed by atoms with Crippen molar-refractivity contribution >= 4 is 5.82 Å². The van der Waals surface area contributed by atoms with E-state index in [1.54, 1.807) is 10.9 Å². The van der Waals surface area contributed by atoms with Gasteiger partial charge in [0.25, 0.3) is 0 Å². The molecule has 4 nitrogen and oxygen atoms in total. The smallest absolute Gasteiger partial charge is 0.129 e. The number of benzene rings is 1. The van der Waals surface area contributed by atoms with Crippen molar-refractivity contribution in [3.05, 3.63) is 53.9 Å². The van der Waals surface area contributed by atoms with E-state index in [-0.39, 0.29) is 0 Å². The molecule has 2 N–H and O–H groups in total. The molecule has 0 saturated heterocycles. The lowest BCUT2D eigenvalue weighted by molar-refractivity contribution is 0.782. The molecule has 0 aliphatic carbocycles. The summed E-state index contributed by atoms with van der Waals surface area (Å²) in [4.78, 5) is 4.18. The second-order valence-electron chi connectivity index (χ2n) is 5.27. The van der Waals surface area contributed by atoms with Gasteiger partial charge in [-0.05, 0) is 42.7 Å². The van der Waals surface area contributed by atoms with Gasteiger partial charge >= 0.3 is 0 Å². The number of aryl methyl sites for hydroxylation is 3. The summed E-state index contributed by atoms with van der Waals surface area (Å²) in [7, 11) is 1.86. The van der Waals surface area contributed by atoms with Crippen LogP contribution in [-0.4, -0.2) is 14.8 Å². The minimum absolute atomic E-state index is 0.664. The van der Waals surface area contributed by atoms with Crippen LogP contribution < -0.4 is 5.73 Å². The average Bonchev–Trinajstić information content (AvgIpc) is 2.79. The topological polar surface area (TPSA) is 56.7 Å². The zero-order valence-corrected chi connectivity index (χ0v) is 12.5. The van der Waals surface area contributed by atoms with Crippen molar-refractivity contribution in [1.29, 1.82) is 0 Å². The molecular formula is C17H18N4. The molecule has 0 unspecified atom stereocenters. The number of pyridine rings is 1. The summed E-state index contributed by atoms with van der Waals surface area (Å²) in [5.41, 5.74) is 12.6. The van der Waals surface area contributed by atoms with Crippen LogP contribution in [0.5, 0.6) is 0 Å². The molecule has 0 saturated carbocycles. The third-order valence-electron chi connectivity index (χ3n) is 3.82. The molecule has 2 heterocycles. The highest BCUT2D eigenvalue weighted by molar-refractivity contribution is 5.88. The lowest BCUT2D eigenvalue weighted by Gasteiger charge is -2.07. The van der Waals surface area contributed by atoms with Crippen molar-refractivity contribution in [2.75, 3.05) is 5.73 Å². The minimum atomic E-state index is 0.664. The number of nitrogen functional groups attached to an aromatic ring is 1. The number of rotatable bonds is 2. The van der Waals surface area contributed by atoms with Crippen molar-refractivity contribution < 1.29 is 0 Å². The van der Waals surface area contributed by atoms with Crippen LogP contribution in [0.25, 0.3) is 22.4 Å². The molecule has 0 radical (unpaired) electrons. The second-order valence-corrected chi connectivity index (χ2v) is 5.27. The highest BCUT2D eigenvalue weighted by atomic mass is 15.3. The van der Waals surface area contributed by atoms with Crippen LogP contribution in [0, 0.1) is 13.8 Å². The second kappa shape index (κ2) is 5.05. The van der Waals surface area contributed by atoms with Crippen LogP contribution in [0.15, 0.2) is 42.7 Å². The first kappa shape index (κ1) is 13.4. The Balaban J connectivity index is 2.24. The van der Waals surface area contributed by atoms with Crippen LogP contribution in [0.1, 0.15) is 11.1 Å². The van der Waals surface area contributed by atoms with E-state index in [2.05, 4.69) is 42.1 Å². The molecule has 4 heteroatoms. The molecule has 21 heavy (non-hydrogen) atoms. The molecule has 1 aromatic carbocycles. The Bertz CT molecular complexity index is 788. The molecule has 3 aromatic rings. The maximum atomic E-state index is 6.24. The predicted octanol–water partition coefficient (Wildman–Crippen LogP) is 3.35. The summed E-state index contributed by atoms with van der Waals surface area (Å²) < 4.78 is 1.72. The third kappa shape index (κ3) is 2.29. The molecule has 0 fully saturated rings. The van der Waals surface area contributed by atoms with E-state index < -0.39 is 0 Å². The Labute approximate surface area is 124 Å². The lowest BCUT2D eigenvalue weighted by Crippen LogP contribution is -1.98. The van der Waals surface area contributed by atoms with Gasteiger partial charge in [0.15, 0.2) is 0 Å². The first-order valence-electron chi connectivity index (χ1n) is 6.88. The summed E-state index contributed by atoms with van der Waals surface area (Å²) >= 11 is 0. The van der Waals surface area contributed by atoms with Crippen molar-refractivity contribution in [3.8, 4) is 22.4 Å². The number of nitrogens with two attached hydrogens (primary N) is 1. The number of anilines is 1. The third-order valence-corrected chi connectivity index (χ3v) is 3.82. The summed E-state index contributed by atoms with van der Waals surface area (Å²) in [5, 5.41) is 4.56. The fourth-order valence-electron chi connectivity index (χ4n) is 2.42. The number of nitrogens with zero attached hydrogens (tertiary/aromatic N) is 3. The average molecular weight is 278 g/mol. The Morgan fingerprint density at radius 2 is 1.86 bits per heavy atom. The summed E-state index contributed by atoms with van der Waals surface area (Å²) in [6.07, 6.45) is 3.57. The van der Waals surface area contributed by atoms with Crippen LogP contribution in [0.4, 0.5) is 5.82 Å². The zero-order valence-electron chi connectivity index (χ0n) is 12.5. The summed E-state index contributed by atoms with van der Waals surface area (Å²) in [6, 6.07) is 10.3. The predicted molar refractivity (Wildman–Crippen MR) is 85.8 cm³/mol. The maximum absolute atomic E-state index is 6.24. The Morgan fingerprint density at radius 1 is 1.05 bits per heavy atom. The molecule has 0 amide bonds. The monoisotopic (exact) mass is 278 g/mol. The molecule has 2 aromatic heterocycles. The van der Waals surface area contributed by atoms with Crippen molar-refractivity contribution in [2.45, 2.75) is 13.8 Å². The first-order chi connectivity index (χ1) is 10.1. The van der Waals surface area contributed by atoms with Gasteiger partial charge < -0.3 is 5.73 Å². The van der Waals surface area contributed by atoms with Gasteiger partial charge in [0, 0.05) is 25.0 Å². The number of aromatic nitrogens is 3. The van der Waals surface area contributed by atoms with Crippen molar-refractivity contribution in [2.24, 2.45) is 7.05 Å². The minimum Gasteiger partial charge on any atom is -0.383 e. The zero-order chi connectivity index (χ0) is 15.0. The number of hydrogen-bond donors (Lipinski definition) is 1. The van der Waals surface area contributed by atoms with Gasteiger partial charge in [0.2, 0.25) is 0 Å². The maximum Gasteiger partial charge on any atom is 0.129 e. The van der Waals surface area contributed by atoms with E-state index in [9.17, 15) is 0 Å². The quantitative estimate of drug-likeness (QED) is 0.782. The Kier molecular flexibility index (Phi) is 3.22. The Morgan fingerprint density at radius 3 is 2.52 bits per heavy atom. The molecule has 0 aliphatic heterocycles. The van der Waals surface area contributed by atoms with Gasteiger partial charge in [0.05, 0.1) is 5.56 Å². The molecule has 3 rings (SSSR count). The highest BCUT2D eigenvalue weighted by Gasteiger charge is 2.17. The van der Waals surface area contributed by atoms with Crippen LogP contribution >= 0.6 is 0 Å². The van der Waals surface area contributed by atoms with Crippen LogP contribution in [-0.2, 0) is 7.05 Å². The van der Waals surface area contributed by atoms with E-state index in [1.807, 2.05) is 25.4 Å². The van der Waals surface area contributed by atoms with Crippen LogP contribution in [0.3, 0.4) is 0 Å². The SMILES string of the molecule is Cc1ccc(-c2c(-c3cccnc3)nn(C)c2N)cc1C. The lowest BCUT2D eigenvalue weighted by atomic mass is 9.98. The van der Waals surface area contributed by atoms with E-state index in [1.165, 1.54) is 11.1 Å². The number of hydrogen-bond acceptors (Lipinski definition) is 3. The van der Waals surface area contributed by atoms with Gasteiger partial charge in [-0.3, -0.25) is 9.67 Å². The summed E-state index contributed by atoms with van der Waals surface area (Å²) in [5.74, 6) is 0.664. The van der Waals surface area contributed by atoms with Crippen molar-refractivity contribution in [3.63, 3.8) is 0 Å². The highest BCUT2D eigenvalue weighted by Crippen LogP contribution is 2.36. The molecule has 0 aliphatic rings. The Hall–Kier alpha value is -2.62.